The molecule has 0 amide bonds. The van der Waals surface area contributed by atoms with Crippen LogP contribution in [0.4, 0.5) is 0 Å². The molecule has 8 unspecified atom stereocenters. The Morgan fingerprint density at radius 2 is 1.50 bits per heavy atom. The summed E-state index contributed by atoms with van der Waals surface area (Å²) in [7, 11) is 0. The van der Waals surface area contributed by atoms with Crippen molar-refractivity contribution in [1.82, 2.24) is 4.98 Å². The number of pyridine rings is 1. The summed E-state index contributed by atoms with van der Waals surface area (Å²) in [4.78, 5) is 4.32. The predicted molar refractivity (Wildman–Crippen MR) is 73.5 cm³/mol. The van der Waals surface area contributed by atoms with Crippen molar-refractivity contribution in [3.05, 3.63) is 30.1 Å². The van der Waals surface area contributed by atoms with E-state index >= 15 is 0 Å². The highest BCUT2D eigenvalue weighted by Crippen LogP contribution is 2.96. The summed E-state index contributed by atoms with van der Waals surface area (Å²) in [6, 6.07) is 4.81. The van der Waals surface area contributed by atoms with Gasteiger partial charge in [-0.3, -0.25) is 4.98 Å². The molecular weight excluding hydrogens is 242 g/mol. The molecule has 0 radical (unpaired) electrons. The highest BCUT2D eigenvalue weighted by molar-refractivity contribution is 5.48. The van der Waals surface area contributed by atoms with Gasteiger partial charge in [0.25, 0.3) is 0 Å². The van der Waals surface area contributed by atoms with Crippen LogP contribution < -0.4 is 0 Å². The van der Waals surface area contributed by atoms with Crippen LogP contribution in [0.25, 0.3) is 0 Å². The summed E-state index contributed by atoms with van der Waals surface area (Å²) in [5.41, 5.74) is 2.37. The highest BCUT2D eigenvalue weighted by Gasteiger charge is 2.93. The van der Waals surface area contributed by atoms with E-state index in [-0.39, 0.29) is 0 Å². The third-order valence-corrected chi connectivity index (χ3v) is 9.94. The summed E-state index contributed by atoms with van der Waals surface area (Å²) in [6.45, 7) is 0. The fraction of sp³-hybridized carbons (Fsp3) is 0.737. The first kappa shape index (κ1) is 9.23. The second-order valence-corrected chi connectivity index (χ2v) is 9.18. The molecule has 8 aliphatic carbocycles. The van der Waals surface area contributed by atoms with Gasteiger partial charge in [-0.05, 0) is 95.6 Å². The summed E-state index contributed by atoms with van der Waals surface area (Å²) in [5, 5.41) is 0. The van der Waals surface area contributed by atoms with Gasteiger partial charge >= 0.3 is 0 Å². The monoisotopic (exact) mass is 261 g/mol. The Kier molecular flexibility index (Phi) is 1.06. The Morgan fingerprint density at radius 1 is 0.800 bits per heavy atom. The van der Waals surface area contributed by atoms with Gasteiger partial charge in [-0.25, -0.2) is 0 Å². The zero-order valence-corrected chi connectivity index (χ0v) is 11.5. The van der Waals surface area contributed by atoms with E-state index in [4.69, 9.17) is 0 Å². The van der Waals surface area contributed by atoms with Gasteiger partial charge in [0, 0.05) is 17.8 Å². The van der Waals surface area contributed by atoms with E-state index in [0.29, 0.717) is 5.41 Å². The molecule has 0 aliphatic heterocycles. The molecule has 8 saturated carbocycles. The van der Waals surface area contributed by atoms with Crippen molar-refractivity contribution >= 4 is 0 Å². The van der Waals surface area contributed by atoms with Crippen LogP contribution in [0.3, 0.4) is 0 Å². The second kappa shape index (κ2) is 2.30. The van der Waals surface area contributed by atoms with Gasteiger partial charge < -0.3 is 0 Å². The van der Waals surface area contributed by atoms with E-state index in [2.05, 4.69) is 29.5 Å². The second-order valence-electron chi connectivity index (χ2n) is 9.18. The lowest BCUT2D eigenvalue weighted by molar-refractivity contribution is 0.175. The first-order valence-corrected chi connectivity index (χ1v) is 8.84. The third kappa shape index (κ3) is 0.538. The Bertz CT molecular complexity index is 670. The molecule has 1 heteroatoms. The number of hydrogen-bond donors (Lipinski definition) is 0. The lowest BCUT2D eigenvalue weighted by atomic mass is 9.63. The minimum absolute atomic E-state index is 0.648. The fourth-order valence-electron chi connectivity index (χ4n) is 10.8. The van der Waals surface area contributed by atoms with Gasteiger partial charge in [-0.1, -0.05) is 0 Å². The van der Waals surface area contributed by atoms with Crippen molar-refractivity contribution in [3.8, 4) is 0 Å². The summed E-state index contributed by atoms with van der Waals surface area (Å²) in [6.07, 6.45) is 7.40. The van der Waals surface area contributed by atoms with Gasteiger partial charge in [0.2, 0.25) is 0 Å². The molecule has 8 fully saturated rings. The molecule has 1 nitrogen and oxygen atoms in total. The zero-order valence-electron chi connectivity index (χ0n) is 11.5. The van der Waals surface area contributed by atoms with E-state index < -0.39 is 0 Å². The first-order chi connectivity index (χ1) is 9.94. The van der Waals surface area contributed by atoms with Gasteiger partial charge in [-0.2, -0.15) is 0 Å². The standard InChI is InChI=1S/C19H19N/c1-3-20-4-2-7(1)19-11-6-10-13-12-8-5-9(15(12)18(10)19)17(19)14(8)16(11)13/h1-4,8-18H,5-6H2/t8?,9?,10?,11?,12-,13?,14+,15-,16?,17+,18?,19?/m1/s1. The molecule has 20 heavy (non-hydrogen) atoms. The van der Waals surface area contributed by atoms with Crippen LogP contribution in [-0.4, -0.2) is 4.98 Å². The maximum Gasteiger partial charge on any atom is 0.0270 e. The molecule has 12 atom stereocenters. The van der Waals surface area contributed by atoms with Crippen molar-refractivity contribution in [2.24, 2.45) is 65.1 Å². The SMILES string of the molecule is c1cc(C23C4CC5C6C4[C@@H]4C7CC([C@@H](C52)[C@@H]67)[C@@H]43)ccn1. The number of rotatable bonds is 1. The highest BCUT2D eigenvalue weighted by atomic mass is 15.0. The summed E-state index contributed by atoms with van der Waals surface area (Å²) >= 11 is 0. The maximum absolute atomic E-state index is 4.32. The minimum Gasteiger partial charge on any atom is -0.265 e. The average Bonchev–Trinajstić information content (AvgIpc) is 3.20. The minimum atomic E-state index is 0.648. The van der Waals surface area contributed by atoms with E-state index in [9.17, 15) is 0 Å². The molecule has 0 saturated heterocycles. The van der Waals surface area contributed by atoms with Crippen molar-refractivity contribution in [3.63, 3.8) is 0 Å². The van der Waals surface area contributed by atoms with Crippen LogP contribution in [0, 0.1) is 65.1 Å². The van der Waals surface area contributed by atoms with Gasteiger partial charge in [-0.15, -0.1) is 0 Å². The number of hydrogen-bond acceptors (Lipinski definition) is 1. The molecule has 1 aromatic rings. The fourth-order valence-corrected chi connectivity index (χ4v) is 10.8. The topological polar surface area (TPSA) is 12.9 Å². The lowest BCUT2D eigenvalue weighted by Crippen LogP contribution is -2.39. The number of nitrogens with zero attached hydrogens (tertiary/aromatic N) is 1. The molecule has 100 valence electrons. The van der Waals surface area contributed by atoms with Crippen LogP contribution in [0.1, 0.15) is 18.4 Å². The van der Waals surface area contributed by atoms with Crippen LogP contribution in [0.5, 0.6) is 0 Å². The van der Waals surface area contributed by atoms with Gasteiger partial charge in [0.05, 0.1) is 0 Å². The van der Waals surface area contributed by atoms with Crippen LogP contribution >= 0.6 is 0 Å². The maximum atomic E-state index is 4.32. The normalized spacial score (nSPS) is 74.3. The van der Waals surface area contributed by atoms with Gasteiger partial charge in [0.1, 0.15) is 0 Å². The van der Waals surface area contributed by atoms with Gasteiger partial charge in [0.15, 0.2) is 0 Å². The summed E-state index contributed by atoms with van der Waals surface area (Å²) < 4.78 is 0. The van der Waals surface area contributed by atoms with Crippen LogP contribution in [0.15, 0.2) is 24.5 Å². The quantitative estimate of drug-likeness (QED) is 0.757. The molecule has 0 spiro atoms. The van der Waals surface area contributed by atoms with Crippen LogP contribution in [-0.2, 0) is 5.41 Å². The van der Waals surface area contributed by atoms with Crippen molar-refractivity contribution in [2.75, 3.05) is 0 Å². The largest absolute Gasteiger partial charge is 0.265 e. The van der Waals surface area contributed by atoms with E-state index in [1.165, 1.54) is 35.5 Å². The van der Waals surface area contributed by atoms with E-state index in [1.807, 2.05) is 0 Å². The molecule has 4 bridgehead atoms. The lowest BCUT2D eigenvalue weighted by Gasteiger charge is -2.40. The van der Waals surface area contributed by atoms with Crippen LogP contribution in [0.2, 0.25) is 0 Å². The number of aromatic nitrogens is 1. The van der Waals surface area contributed by atoms with Crippen molar-refractivity contribution in [1.29, 1.82) is 0 Å². The van der Waals surface area contributed by atoms with E-state index in [0.717, 1.165) is 29.6 Å². The Labute approximate surface area is 119 Å². The smallest absolute Gasteiger partial charge is 0.0270 e. The van der Waals surface area contributed by atoms with E-state index in [1.54, 1.807) is 18.4 Å². The van der Waals surface area contributed by atoms with Crippen molar-refractivity contribution in [2.45, 2.75) is 18.3 Å². The average molecular weight is 261 g/mol. The molecule has 1 heterocycles. The third-order valence-electron chi connectivity index (χ3n) is 9.94. The Balaban J connectivity index is 1.55. The predicted octanol–water partition coefficient (Wildman–Crippen LogP) is 2.97. The summed E-state index contributed by atoms with van der Waals surface area (Å²) in [5.74, 6) is 12.7. The van der Waals surface area contributed by atoms with Crippen molar-refractivity contribution < 1.29 is 0 Å². The molecular formula is C19H19N. The molecule has 9 rings (SSSR count). The first-order valence-electron chi connectivity index (χ1n) is 8.84. The molecule has 8 aliphatic rings. The molecule has 0 N–H and O–H groups in total. The molecule has 0 aromatic carbocycles. The Hall–Kier alpha value is -0.850. The molecule has 1 aromatic heterocycles. The Morgan fingerprint density at radius 3 is 2.35 bits per heavy atom. The zero-order chi connectivity index (χ0) is 12.4.